The van der Waals surface area contributed by atoms with E-state index in [1.807, 2.05) is 96.2 Å². The van der Waals surface area contributed by atoms with Gasteiger partial charge in [0.15, 0.2) is 0 Å². The number of para-hydroxylation sites is 1. The van der Waals surface area contributed by atoms with Gasteiger partial charge in [-0.2, -0.15) is 0 Å². The number of likely N-dealkylation sites (N-methyl/N-ethyl adjacent to an activating group) is 1. The van der Waals surface area contributed by atoms with Crippen LogP contribution in [0.1, 0.15) is 86.1 Å². The minimum absolute atomic E-state index is 0.481. The van der Waals surface area contributed by atoms with Gasteiger partial charge in [-0.05, 0) is 83.6 Å². The Morgan fingerprint density at radius 3 is 2.00 bits per heavy atom. The van der Waals surface area contributed by atoms with Gasteiger partial charge in [0.2, 0.25) is 0 Å². The van der Waals surface area contributed by atoms with Crippen LogP contribution in [0.25, 0.3) is 22.2 Å². The molecule has 1 unspecified atom stereocenters. The van der Waals surface area contributed by atoms with E-state index >= 15 is 0 Å². The fourth-order valence-corrected chi connectivity index (χ4v) is 5.37. The van der Waals surface area contributed by atoms with Crippen molar-refractivity contribution in [1.29, 1.82) is 0 Å². The van der Waals surface area contributed by atoms with Gasteiger partial charge in [0.1, 0.15) is 29.3 Å². The molecule has 1 saturated carbocycles. The first-order chi connectivity index (χ1) is 22.0. The van der Waals surface area contributed by atoms with Gasteiger partial charge >= 0.3 is 0 Å². The lowest BCUT2D eigenvalue weighted by Gasteiger charge is -2.23. The van der Waals surface area contributed by atoms with Crippen molar-refractivity contribution in [3.63, 3.8) is 0 Å². The molecule has 7 heteroatoms. The van der Waals surface area contributed by atoms with E-state index in [-0.39, 0.29) is 0 Å². The van der Waals surface area contributed by atoms with Crippen LogP contribution in [0.5, 0.6) is 11.5 Å². The lowest BCUT2D eigenvalue weighted by Crippen LogP contribution is -2.29. The van der Waals surface area contributed by atoms with Crippen LogP contribution in [-0.2, 0) is 0 Å². The van der Waals surface area contributed by atoms with Crippen LogP contribution in [0.2, 0.25) is 0 Å². The lowest BCUT2D eigenvalue weighted by molar-refractivity contribution is 0.313. The predicted octanol–water partition coefficient (Wildman–Crippen LogP) is 9.52. The van der Waals surface area contributed by atoms with Gasteiger partial charge in [0.25, 0.3) is 0 Å². The standard InChI is InChI=1S/C24H24N4O.C6H14N2.C4H8.2C2H6/c25-23-22-21(15-28(24(22)27-16-26-23)18-7-3-1-4-8-18)17-11-13-20(14-12-17)29-19-9-5-2-6-10-19;1-8(2)6-3-4-7-5-6;1-3-4-2;2*1-2/h2,5-6,9-16,18H,1,3-4,7-8H2,(H2,25,26,27);6-7H,3-5H2,1-2H3;3-4H,1-2H3;2*1-2H3/b;;4-3-;;. The van der Waals surface area contributed by atoms with Gasteiger partial charge in [-0.1, -0.05) is 89.4 Å². The number of benzene rings is 2. The SMILES string of the molecule is C/C=C\C.CC.CC.CN(C)C1CCNC1.Nc1ncnc2c1c(-c1ccc(Oc3ccccc3)cc1)cn2C1CCCCC1. The van der Waals surface area contributed by atoms with Gasteiger partial charge in [0, 0.05) is 30.4 Å². The largest absolute Gasteiger partial charge is 0.457 e. The van der Waals surface area contributed by atoms with Crippen LogP contribution < -0.4 is 15.8 Å². The summed E-state index contributed by atoms with van der Waals surface area (Å²) in [5, 5.41) is 4.25. The fourth-order valence-electron chi connectivity index (χ4n) is 5.37. The topological polar surface area (TPSA) is 81.2 Å². The van der Waals surface area contributed by atoms with E-state index in [1.54, 1.807) is 6.33 Å². The first-order valence-corrected chi connectivity index (χ1v) is 16.9. The number of nitrogens with two attached hydrogens (primary N) is 1. The molecule has 2 aromatic heterocycles. The second-order valence-corrected chi connectivity index (χ2v) is 10.9. The van der Waals surface area contributed by atoms with Crippen LogP contribution in [-0.4, -0.2) is 52.7 Å². The van der Waals surface area contributed by atoms with Gasteiger partial charge < -0.3 is 25.3 Å². The molecule has 2 aromatic carbocycles. The van der Waals surface area contributed by atoms with Crippen LogP contribution >= 0.6 is 0 Å². The van der Waals surface area contributed by atoms with Crippen LogP contribution in [0, 0.1) is 0 Å². The van der Waals surface area contributed by atoms with E-state index in [0.29, 0.717) is 11.9 Å². The van der Waals surface area contributed by atoms with Gasteiger partial charge in [-0.15, -0.1) is 0 Å². The van der Waals surface area contributed by atoms with Crippen molar-refractivity contribution in [3.05, 3.63) is 79.3 Å². The molecule has 4 aromatic rings. The average molecular weight is 615 g/mol. The maximum absolute atomic E-state index is 6.28. The van der Waals surface area contributed by atoms with Crippen molar-refractivity contribution in [2.24, 2.45) is 0 Å². The molecule has 3 heterocycles. The van der Waals surface area contributed by atoms with Crippen molar-refractivity contribution in [2.75, 3.05) is 32.9 Å². The Hall–Kier alpha value is -3.68. The Bertz CT molecular complexity index is 1350. The van der Waals surface area contributed by atoms with Gasteiger partial charge in [0.05, 0.1) is 5.39 Å². The van der Waals surface area contributed by atoms with Crippen molar-refractivity contribution in [2.45, 2.75) is 92.2 Å². The molecule has 7 nitrogen and oxygen atoms in total. The fraction of sp³-hybridized carbons (Fsp3) is 0.474. The third kappa shape index (κ3) is 11.3. The highest BCUT2D eigenvalue weighted by Crippen LogP contribution is 2.38. The summed E-state index contributed by atoms with van der Waals surface area (Å²) in [6.45, 7) is 14.4. The summed E-state index contributed by atoms with van der Waals surface area (Å²) >= 11 is 0. The molecule has 3 N–H and O–H groups in total. The molecule has 1 aliphatic carbocycles. The number of ether oxygens (including phenoxy) is 1. The summed E-state index contributed by atoms with van der Waals surface area (Å²) in [5.41, 5.74) is 9.38. The Labute approximate surface area is 272 Å². The third-order valence-corrected chi connectivity index (χ3v) is 7.85. The first kappa shape index (κ1) is 37.5. The summed E-state index contributed by atoms with van der Waals surface area (Å²) in [7, 11) is 4.27. The predicted molar refractivity (Wildman–Crippen MR) is 194 cm³/mol. The average Bonchev–Trinajstić information content (AvgIpc) is 3.79. The summed E-state index contributed by atoms with van der Waals surface area (Å²) in [4.78, 5) is 11.1. The number of nitrogens with one attached hydrogen (secondary N) is 1. The summed E-state index contributed by atoms with van der Waals surface area (Å²) in [6.07, 6.45) is 15.3. The molecular formula is C38H58N6O. The molecule has 2 aliphatic rings. The summed E-state index contributed by atoms with van der Waals surface area (Å²) < 4.78 is 8.24. The molecule has 2 fully saturated rings. The number of hydrogen-bond acceptors (Lipinski definition) is 6. The molecular weight excluding hydrogens is 556 g/mol. The van der Waals surface area contributed by atoms with Gasteiger partial charge in [-0.25, -0.2) is 9.97 Å². The van der Waals surface area contributed by atoms with Crippen molar-refractivity contribution >= 4 is 16.9 Å². The second-order valence-electron chi connectivity index (χ2n) is 10.9. The zero-order valence-corrected chi connectivity index (χ0v) is 29.1. The van der Waals surface area contributed by atoms with Gasteiger partial charge in [-0.3, -0.25) is 0 Å². The Morgan fingerprint density at radius 2 is 1.47 bits per heavy atom. The molecule has 6 rings (SSSR count). The number of rotatable bonds is 5. The molecule has 0 bridgehead atoms. The molecule has 1 saturated heterocycles. The minimum Gasteiger partial charge on any atom is -0.457 e. The molecule has 1 atom stereocenters. The van der Waals surface area contributed by atoms with E-state index in [9.17, 15) is 0 Å². The monoisotopic (exact) mass is 614 g/mol. The molecule has 45 heavy (non-hydrogen) atoms. The molecule has 0 spiro atoms. The van der Waals surface area contributed by atoms with Crippen LogP contribution in [0.15, 0.2) is 79.3 Å². The highest BCUT2D eigenvalue weighted by Gasteiger charge is 2.22. The second kappa shape index (κ2) is 21.1. The maximum Gasteiger partial charge on any atom is 0.146 e. The number of anilines is 1. The van der Waals surface area contributed by atoms with Crippen LogP contribution in [0.4, 0.5) is 5.82 Å². The highest BCUT2D eigenvalue weighted by atomic mass is 16.5. The smallest absolute Gasteiger partial charge is 0.146 e. The molecule has 0 radical (unpaired) electrons. The zero-order valence-electron chi connectivity index (χ0n) is 29.1. The van der Waals surface area contributed by atoms with Crippen LogP contribution in [0.3, 0.4) is 0 Å². The Balaban J connectivity index is 0.000000368. The van der Waals surface area contributed by atoms with Crippen molar-refractivity contribution in [3.8, 4) is 22.6 Å². The quantitative estimate of drug-likeness (QED) is 0.218. The van der Waals surface area contributed by atoms with E-state index < -0.39 is 0 Å². The summed E-state index contributed by atoms with van der Waals surface area (Å²) in [6, 6.07) is 19.2. The molecule has 246 valence electrons. The molecule has 0 amide bonds. The Morgan fingerprint density at radius 1 is 0.844 bits per heavy atom. The number of nitrogen functional groups attached to an aromatic ring is 1. The summed E-state index contributed by atoms with van der Waals surface area (Å²) in [5.74, 6) is 2.16. The van der Waals surface area contributed by atoms with E-state index in [1.165, 1.54) is 51.6 Å². The van der Waals surface area contributed by atoms with E-state index in [0.717, 1.165) is 39.7 Å². The highest BCUT2D eigenvalue weighted by molar-refractivity contribution is 6.00. The van der Waals surface area contributed by atoms with Crippen molar-refractivity contribution in [1.82, 2.24) is 24.8 Å². The zero-order chi connectivity index (χ0) is 33.0. The number of hydrogen-bond donors (Lipinski definition) is 2. The molecule has 1 aliphatic heterocycles. The normalized spacial score (nSPS) is 16.0. The first-order valence-electron chi connectivity index (χ1n) is 16.9. The number of fused-ring (bicyclic) bond motifs is 1. The Kier molecular flexibility index (Phi) is 17.6. The number of aromatic nitrogens is 3. The maximum atomic E-state index is 6.28. The van der Waals surface area contributed by atoms with E-state index in [4.69, 9.17) is 10.5 Å². The number of nitrogens with zero attached hydrogens (tertiary/aromatic N) is 4. The van der Waals surface area contributed by atoms with E-state index in [2.05, 4.69) is 57.2 Å². The lowest BCUT2D eigenvalue weighted by atomic mass is 9.95. The number of allylic oxidation sites excluding steroid dienone is 2. The third-order valence-electron chi connectivity index (χ3n) is 7.85. The minimum atomic E-state index is 0.481. The van der Waals surface area contributed by atoms with Crippen molar-refractivity contribution < 1.29 is 4.74 Å².